The van der Waals surface area contributed by atoms with Crippen LogP contribution in [0.4, 0.5) is 5.69 Å². The molecular formula is C12H16N2O2S. The average Bonchev–Trinajstić information content (AvgIpc) is 2.29. The van der Waals surface area contributed by atoms with E-state index >= 15 is 0 Å². The molecule has 0 heterocycles. The Labute approximate surface area is 106 Å². The molecule has 17 heavy (non-hydrogen) atoms. The van der Waals surface area contributed by atoms with Crippen molar-refractivity contribution in [2.45, 2.75) is 13.3 Å². The minimum absolute atomic E-state index is 0.0412. The molecule has 0 saturated heterocycles. The van der Waals surface area contributed by atoms with Gasteiger partial charge in [0, 0.05) is 12.2 Å². The van der Waals surface area contributed by atoms with Crippen LogP contribution >= 0.6 is 12.2 Å². The van der Waals surface area contributed by atoms with Gasteiger partial charge in [-0.2, -0.15) is 0 Å². The number of thiocarbonyl (C=S) groups is 1. The summed E-state index contributed by atoms with van der Waals surface area (Å²) >= 11 is 4.90. The molecule has 3 N–H and O–H groups in total. The first-order valence-corrected chi connectivity index (χ1v) is 5.82. The van der Waals surface area contributed by atoms with Crippen molar-refractivity contribution in [1.82, 2.24) is 0 Å². The fourth-order valence-electron chi connectivity index (χ4n) is 1.30. The maximum absolute atomic E-state index is 11.5. The summed E-state index contributed by atoms with van der Waals surface area (Å²) in [7, 11) is 0. The largest absolute Gasteiger partial charge is 0.389 e. The molecule has 5 heteroatoms. The molecule has 1 amide bonds. The van der Waals surface area contributed by atoms with Gasteiger partial charge in [0.2, 0.25) is 5.91 Å². The van der Waals surface area contributed by atoms with Crippen molar-refractivity contribution >= 4 is 28.8 Å². The highest BCUT2D eigenvalue weighted by molar-refractivity contribution is 7.80. The first-order valence-electron chi connectivity index (χ1n) is 5.41. The number of para-hydroxylation sites is 1. The second-order valence-electron chi connectivity index (χ2n) is 3.51. The predicted octanol–water partition coefficient (Wildman–Crippen LogP) is 1.69. The van der Waals surface area contributed by atoms with E-state index in [1.54, 1.807) is 12.1 Å². The maximum Gasteiger partial charge on any atom is 0.250 e. The number of anilines is 1. The third-order valence-corrected chi connectivity index (χ3v) is 2.27. The van der Waals surface area contributed by atoms with Gasteiger partial charge in [-0.25, -0.2) is 0 Å². The van der Waals surface area contributed by atoms with Crippen LogP contribution < -0.4 is 11.1 Å². The van der Waals surface area contributed by atoms with Gasteiger partial charge in [0.05, 0.1) is 5.69 Å². The monoisotopic (exact) mass is 252 g/mol. The quantitative estimate of drug-likeness (QED) is 0.597. The molecule has 0 aromatic heterocycles. The number of carbonyl (C=O) groups is 1. The lowest BCUT2D eigenvalue weighted by Crippen LogP contribution is -2.21. The van der Waals surface area contributed by atoms with Crippen molar-refractivity contribution in [2.75, 3.05) is 18.5 Å². The first kappa shape index (κ1) is 13.6. The lowest BCUT2D eigenvalue weighted by molar-refractivity contribution is -0.120. The summed E-state index contributed by atoms with van der Waals surface area (Å²) in [6.07, 6.45) is 0.886. The van der Waals surface area contributed by atoms with Crippen LogP contribution in [0.2, 0.25) is 0 Å². The van der Waals surface area contributed by atoms with Crippen molar-refractivity contribution in [3.63, 3.8) is 0 Å². The third-order valence-electron chi connectivity index (χ3n) is 2.05. The van der Waals surface area contributed by atoms with E-state index in [-0.39, 0.29) is 17.5 Å². The molecule has 0 saturated carbocycles. The van der Waals surface area contributed by atoms with Crippen molar-refractivity contribution in [2.24, 2.45) is 5.73 Å². The van der Waals surface area contributed by atoms with Gasteiger partial charge in [0.25, 0.3) is 0 Å². The second-order valence-corrected chi connectivity index (χ2v) is 3.95. The van der Waals surface area contributed by atoms with Gasteiger partial charge < -0.3 is 15.8 Å². The zero-order valence-corrected chi connectivity index (χ0v) is 10.5. The fourth-order valence-corrected chi connectivity index (χ4v) is 1.48. The van der Waals surface area contributed by atoms with Gasteiger partial charge in [-0.05, 0) is 18.6 Å². The zero-order valence-electron chi connectivity index (χ0n) is 9.73. The van der Waals surface area contributed by atoms with Crippen LogP contribution in [0, 0.1) is 0 Å². The number of rotatable bonds is 6. The summed E-state index contributed by atoms with van der Waals surface area (Å²) < 4.78 is 5.14. The van der Waals surface area contributed by atoms with Crippen LogP contribution in [0.5, 0.6) is 0 Å². The number of ether oxygens (including phenoxy) is 1. The molecule has 92 valence electrons. The molecule has 1 aromatic rings. The molecule has 1 aromatic carbocycles. The van der Waals surface area contributed by atoms with Crippen LogP contribution in [-0.2, 0) is 9.53 Å². The number of carbonyl (C=O) groups excluding carboxylic acids is 1. The number of nitrogens with one attached hydrogen (secondary N) is 1. The standard InChI is InChI=1S/C12H16N2O2S/c1-2-7-16-8-11(15)14-10-6-4-3-5-9(10)12(13)17/h3-6H,2,7-8H2,1H3,(H2,13,17)(H,14,15). The topological polar surface area (TPSA) is 64.3 Å². The van der Waals surface area contributed by atoms with E-state index in [2.05, 4.69) is 5.32 Å². The molecule has 0 aliphatic heterocycles. The number of hydrogen-bond acceptors (Lipinski definition) is 3. The van der Waals surface area contributed by atoms with Gasteiger partial charge in [0.15, 0.2) is 0 Å². The number of benzene rings is 1. The molecule has 0 bridgehead atoms. The summed E-state index contributed by atoms with van der Waals surface area (Å²) in [5.74, 6) is -0.206. The molecule has 0 fully saturated rings. The predicted molar refractivity (Wildman–Crippen MR) is 72.1 cm³/mol. The molecule has 0 spiro atoms. The van der Waals surface area contributed by atoms with Gasteiger partial charge in [-0.1, -0.05) is 31.3 Å². The van der Waals surface area contributed by atoms with E-state index in [0.29, 0.717) is 17.9 Å². The molecule has 0 unspecified atom stereocenters. The summed E-state index contributed by atoms with van der Waals surface area (Å²) in [6, 6.07) is 7.15. The van der Waals surface area contributed by atoms with Crippen LogP contribution in [0.1, 0.15) is 18.9 Å². The fraction of sp³-hybridized carbons (Fsp3) is 0.333. The molecule has 1 rings (SSSR count). The van der Waals surface area contributed by atoms with Crippen molar-refractivity contribution in [3.8, 4) is 0 Å². The van der Waals surface area contributed by atoms with E-state index in [0.717, 1.165) is 6.42 Å². The first-order chi connectivity index (χ1) is 8.15. The number of nitrogens with two attached hydrogens (primary N) is 1. The molecular weight excluding hydrogens is 236 g/mol. The van der Waals surface area contributed by atoms with Gasteiger partial charge in [0.1, 0.15) is 11.6 Å². The van der Waals surface area contributed by atoms with Crippen LogP contribution in [0.15, 0.2) is 24.3 Å². The van der Waals surface area contributed by atoms with Crippen LogP contribution in [0.25, 0.3) is 0 Å². The second kappa shape index (κ2) is 6.98. The summed E-state index contributed by atoms with van der Waals surface area (Å²) in [4.78, 5) is 11.8. The summed E-state index contributed by atoms with van der Waals surface area (Å²) in [6.45, 7) is 2.60. The highest BCUT2D eigenvalue weighted by Gasteiger charge is 2.07. The number of hydrogen-bond donors (Lipinski definition) is 2. The maximum atomic E-state index is 11.5. The third kappa shape index (κ3) is 4.50. The van der Waals surface area contributed by atoms with Gasteiger partial charge in [-0.3, -0.25) is 4.79 Å². The Kier molecular flexibility index (Phi) is 5.59. The van der Waals surface area contributed by atoms with Crippen molar-refractivity contribution in [1.29, 1.82) is 0 Å². The lowest BCUT2D eigenvalue weighted by atomic mass is 10.2. The summed E-state index contributed by atoms with van der Waals surface area (Å²) in [5.41, 5.74) is 6.84. The lowest BCUT2D eigenvalue weighted by Gasteiger charge is -2.09. The highest BCUT2D eigenvalue weighted by Crippen LogP contribution is 2.14. The van der Waals surface area contributed by atoms with E-state index in [4.69, 9.17) is 22.7 Å². The molecule has 0 aliphatic rings. The smallest absolute Gasteiger partial charge is 0.250 e. The molecule has 4 nitrogen and oxygen atoms in total. The highest BCUT2D eigenvalue weighted by atomic mass is 32.1. The Morgan fingerprint density at radius 2 is 2.18 bits per heavy atom. The summed E-state index contributed by atoms with van der Waals surface area (Å²) in [5, 5.41) is 2.72. The molecule has 0 aliphatic carbocycles. The molecule has 0 radical (unpaired) electrons. The van der Waals surface area contributed by atoms with Gasteiger partial charge in [-0.15, -0.1) is 0 Å². The Balaban J connectivity index is 2.61. The Hall–Kier alpha value is -1.46. The normalized spacial score (nSPS) is 9.94. The van der Waals surface area contributed by atoms with Crippen LogP contribution in [0.3, 0.4) is 0 Å². The SMILES string of the molecule is CCCOCC(=O)Nc1ccccc1C(N)=S. The van der Waals surface area contributed by atoms with Gasteiger partial charge >= 0.3 is 0 Å². The number of amides is 1. The molecule has 0 atom stereocenters. The minimum Gasteiger partial charge on any atom is -0.389 e. The Bertz CT molecular complexity index is 407. The Morgan fingerprint density at radius 1 is 1.47 bits per heavy atom. The van der Waals surface area contributed by atoms with E-state index in [1.807, 2.05) is 19.1 Å². The van der Waals surface area contributed by atoms with Crippen molar-refractivity contribution in [3.05, 3.63) is 29.8 Å². The van der Waals surface area contributed by atoms with E-state index in [1.165, 1.54) is 0 Å². The van der Waals surface area contributed by atoms with Crippen molar-refractivity contribution < 1.29 is 9.53 Å². The van der Waals surface area contributed by atoms with E-state index in [9.17, 15) is 4.79 Å². The minimum atomic E-state index is -0.206. The van der Waals surface area contributed by atoms with E-state index < -0.39 is 0 Å². The zero-order chi connectivity index (χ0) is 12.7. The average molecular weight is 252 g/mol. The van der Waals surface area contributed by atoms with Crippen LogP contribution in [-0.4, -0.2) is 24.1 Å². The Morgan fingerprint density at radius 3 is 2.82 bits per heavy atom.